The lowest BCUT2D eigenvalue weighted by Crippen LogP contribution is -2.43. The standard InChI is InChI=1S/C15H18Cl3NO2/c1-9(15(20)19-10-5-3-2-4-6-10)21-14-8-12(17)11(16)7-13(14)18/h7-10H,2-6H2,1H3,(H,19,20). The highest BCUT2D eigenvalue weighted by Crippen LogP contribution is 2.34. The molecule has 1 fully saturated rings. The Labute approximate surface area is 139 Å². The van der Waals surface area contributed by atoms with Gasteiger partial charge in [0, 0.05) is 12.1 Å². The molecular formula is C15H18Cl3NO2. The van der Waals surface area contributed by atoms with Gasteiger partial charge in [-0.1, -0.05) is 54.1 Å². The molecule has 0 radical (unpaired) electrons. The number of halogens is 3. The fraction of sp³-hybridized carbons (Fsp3) is 0.533. The molecule has 3 nitrogen and oxygen atoms in total. The summed E-state index contributed by atoms with van der Waals surface area (Å²) in [6.45, 7) is 1.69. The van der Waals surface area contributed by atoms with Crippen LogP contribution >= 0.6 is 34.8 Å². The highest BCUT2D eigenvalue weighted by molar-refractivity contribution is 6.43. The highest BCUT2D eigenvalue weighted by Gasteiger charge is 2.21. The van der Waals surface area contributed by atoms with E-state index in [0.717, 1.165) is 12.8 Å². The molecule has 1 aromatic rings. The Morgan fingerprint density at radius 3 is 2.43 bits per heavy atom. The number of ether oxygens (including phenoxy) is 1. The number of carbonyl (C=O) groups is 1. The van der Waals surface area contributed by atoms with E-state index in [-0.39, 0.29) is 11.9 Å². The number of nitrogens with one attached hydrogen (secondary N) is 1. The Kier molecular flexibility index (Phi) is 6.03. The van der Waals surface area contributed by atoms with Crippen molar-refractivity contribution in [3.63, 3.8) is 0 Å². The molecule has 1 aromatic carbocycles. The van der Waals surface area contributed by atoms with Crippen LogP contribution in [0.2, 0.25) is 15.1 Å². The zero-order valence-electron chi connectivity index (χ0n) is 11.8. The number of hydrogen-bond acceptors (Lipinski definition) is 2. The summed E-state index contributed by atoms with van der Waals surface area (Å²) in [6, 6.07) is 3.28. The lowest BCUT2D eigenvalue weighted by molar-refractivity contribution is -0.128. The molecule has 0 spiro atoms. The largest absolute Gasteiger partial charge is 0.479 e. The van der Waals surface area contributed by atoms with Crippen LogP contribution in [0.15, 0.2) is 12.1 Å². The summed E-state index contributed by atoms with van der Waals surface area (Å²) in [4.78, 5) is 12.1. The van der Waals surface area contributed by atoms with Crippen molar-refractivity contribution in [2.45, 2.75) is 51.2 Å². The molecule has 6 heteroatoms. The summed E-state index contributed by atoms with van der Waals surface area (Å²) in [5, 5.41) is 4.05. The van der Waals surface area contributed by atoms with Crippen LogP contribution in [-0.2, 0) is 4.79 Å². The number of rotatable bonds is 4. The van der Waals surface area contributed by atoms with Gasteiger partial charge in [0.15, 0.2) is 6.10 Å². The van der Waals surface area contributed by atoms with Gasteiger partial charge in [0.25, 0.3) is 5.91 Å². The van der Waals surface area contributed by atoms with Gasteiger partial charge in [-0.2, -0.15) is 0 Å². The topological polar surface area (TPSA) is 38.3 Å². The van der Waals surface area contributed by atoms with Crippen LogP contribution in [0, 0.1) is 0 Å². The monoisotopic (exact) mass is 349 g/mol. The number of hydrogen-bond donors (Lipinski definition) is 1. The van der Waals surface area contributed by atoms with Crippen LogP contribution in [-0.4, -0.2) is 18.1 Å². The summed E-state index contributed by atoms with van der Waals surface area (Å²) in [7, 11) is 0. The second-order valence-corrected chi connectivity index (χ2v) is 6.52. The molecule has 0 aromatic heterocycles. The van der Waals surface area contributed by atoms with Crippen molar-refractivity contribution in [2.24, 2.45) is 0 Å². The molecule has 116 valence electrons. The Hall–Kier alpha value is -0.640. The predicted octanol–water partition coefficient (Wildman–Crippen LogP) is 4.86. The van der Waals surface area contributed by atoms with Crippen LogP contribution in [0.25, 0.3) is 0 Å². The second kappa shape index (κ2) is 7.57. The van der Waals surface area contributed by atoms with Crippen molar-refractivity contribution in [3.8, 4) is 5.75 Å². The molecule has 1 atom stereocenters. The molecule has 0 bridgehead atoms. The Balaban J connectivity index is 1.95. The van der Waals surface area contributed by atoms with Crippen LogP contribution in [0.3, 0.4) is 0 Å². The molecule has 1 unspecified atom stereocenters. The van der Waals surface area contributed by atoms with Gasteiger partial charge < -0.3 is 10.1 Å². The van der Waals surface area contributed by atoms with E-state index in [9.17, 15) is 4.79 Å². The molecule has 21 heavy (non-hydrogen) atoms. The molecule has 0 heterocycles. The van der Waals surface area contributed by atoms with Crippen molar-refractivity contribution >= 4 is 40.7 Å². The van der Waals surface area contributed by atoms with Gasteiger partial charge in [-0.3, -0.25) is 4.79 Å². The van der Waals surface area contributed by atoms with E-state index >= 15 is 0 Å². The van der Waals surface area contributed by atoms with Gasteiger partial charge in [0.05, 0.1) is 15.1 Å². The molecule has 1 aliphatic carbocycles. The third kappa shape index (κ3) is 4.67. The summed E-state index contributed by atoms with van der Waals surface area (Å²) in [5.41, 5.74) is 0. The summed E-state index contributed by atoms with van der Waals surface area (Å²) in [5.74, 6) is 0.224. The first-order valence-electron chi connectivity index (χ1n) is 7.09. The lowest BCUT2D eigenvalue weighted by Gasteiger charge is -2.24. The summed E-state index contributed by atoms with van der Waals surface area (Å²) < 4.78 is 5.60. The fourth-order valence-electron chi connectivity index (χ4n) is 2.40. The lowest BCUT2D eigenvalue weighted by atomic mass is 9.95. The zero-order chi connectivity index (χ0) is 15.4. The number of carbonyl (C=O) groups excluding carboxylic acids is 1. The number of amides is 1. The van der Waals surface area contributed by atoms with Crippen molar-refractivity contribution in [2.75, 3.05) is 0 Å². The highest BCUT2D eigenvalue weighted by atomic mass is 35.5. The first kappa shape index (κ1) is 16.7. The third-order valence-corrected chi connectivity index (χ3v) is 4.62. The van der Waals surface area contributed by atoms with E-state index in [4.69, 9.17) is 39.5 Å². The van der Waals surface area contributed by atoms with E-state index < -0.39 is 6.10 Å². The third-order valence-electron chi connectivity index (χ3n) is 3.60. The molecule has 1 amide bonds. The molecule has 2 rings (SSSR count). The average Bonchev–Trinajstić information content (AvgIpc) is 2.45. The van der Waals surface area contributed by atoms with Crippen molar-refractivity contribution in [3.05, 3.63) is 27.2 Å². The van der Waals surface area contributed by atoms with E-state index in [1.54, 1.807) is 6.92 Å². The number of benzene rings is 1. The maximum Gasteiger partial charge on any atom is 0.260 e. The summed E-state index contributed by atoms with van der Waals surface area (Å²) >= 11 is 17.8. The Morgan fingerprint density at radius 2 is 1.76 bits per heavy atom. The maximum absolute atomic E-state index is 12.1. The van der Waals surface area contributed by atoms with Gasteiger partial charge in [-0.15, -0.1) is 0 Å². The van der Waals surface area contributed by atoms with Crippen molar-refractivity contribution in [1.82, 2.24) is 5.32 Å². The minimum Gasteiger partial charge on any atom is -0.479 e. The minimum absolute atomic E-state index is 0.135. The Bertz CT molecular complexity index is 516. The predicted molar refractivity (Wildman–Crippen MR) is 86.6 cm³/mol. The van der Waals surface area contributed by atoms with Gasteiger partial charge in [-0.25, -0.2) is 0 Å². The normalized spacial score (nSPS) is 17.3. The van der Waals surface area contributed by atoms with E-state index in [0.29, 0.717) is 20.8 Å². The van der Waals surface area contributed by atoms with Crippen LogP contribution in [0.1, 0.15) is 39.0 Å². The minimum atomic E-state index is -0.637. The molecule has 1 aliphatic rings. The van der Waals surface area contributed by atoms with E-state index in [1.807, 2.05) is 0 Å². The Morgan fingerprint density at radius 1 is 1.14 bits per heavy atom. The quantitative estimate of drug-likeness (QED) is 0.787. The van der Waals surface area contributed by atoms with Gasteiger partial charge >= 0.3 is 0 Å². The molecule has 1 N–H and O–H groups in total. The van der Waals surface area contributed by atoms with Crippen molar-refractivity contribution < 1.29 is 9.53 Å². The molecule has 1 saturated carbocycles. The van der Waals surface area contributed by atoms with E-state index in [1.165, 1.54) is 31.4 Å². The smallest absolute Gasteiger partial charge is 0.260 e. The van der Waals surface area contributed by atoms with Crippen LogP contribution in [0.5, 0.6) is 5.75 Å². The van der Waals surface area contributed by atoms with Crippen LogP contribution in [0.4, 0.5) is 0 Å². The van der Waals surface area contributed by atoms with Crippen LogP contribution < -0.4 is 10.1 Å². The maximum atomic E-state index is 12.1. The fourth-order valence-corrected chi connectivity index (χ4v) is 2.99. The van der Waals surface area contributed by atoms with Gasteiger partial charge in [0.1, 0.15) is 5.75 Å². The zero-order valence-corrected chi connectivity index (χ0v) is 14.1. The van der Waals surface area contributed by atoms with Gasteiger partial charge in [0.2, 0.25) is 0 Å². The summed E-state index contributed by atoms with van der Waals surface area (Å²) in [6.07, 6.45) is 5.01. The average molecular weight is 351 g/mol. The molecular weight excluding hydrogens is 333 g/mol. The second-order valence-electron chi connectivity index (χ2n) is 5.30. The van der Waals surface area contributed by atoms with Crippen molar-refractivity contribution in [1.29, 1.82) is 0 Å². The molecule has 0 aliphatic heterocycles. The first-order valence-corrected chi connectivity index (χ1v) is 8.22. The molecule has 0 saturated heterocycles. The SMILES string of the molecule is CC(Oc1cc(Cl)c(Cl)cc1Cl)C(=O)NC1CCCCC1. The van der Waals surface area contributed by atoms with E-state index in [2.05, 4.69) is 5.32 Å². The first-order chi connectivity index (χ1) is 9.97. The van der Waals surface area contributed by atoms with Gasteiger partial charge in [-0.05, 0) is 25.8 Å².